The molecule has 0 saturated heterocycles. The molecule has 6 nitrogen and oxygen atoms in total. The lowest BCUT2D eigenvalue weighted by molar-refractivity contribution is 0.102. The van der Waals surface area contributed by atoms with Crippen LogP contribution in [0, 0.1) is 0 Å². The molecule has 0 unspecified atom stereocenters. The number of ether oxygens (including phenoxy) is 3. The summed E-state index contributed by atoms with van der Waals surface area (Å²) in [4.78, 5) is 16.6. The zero-order valence-corrected chi connectivity index (χ0v) is 20.8. The number of anilines is 1. The Hall–Kier alpha value is -4.84. The van der Waals surface area contributed by atoms with Crippen LogP contribution in [-0.2, 0) is 6.61 Å². The topological polar surface area (TPSA) is 69.2 Å². The molecule has 0 spiro atoms. The van der Waals surface area contributed by atoms with Crippen molar-refractivity contribution < 1.29 is 19.0 Å². The molecule has 0 aliphatic carbocycles. The standard InChI is InChI=1S/C31H28N2O4/c1-4-28(37-25-17-15-24(16-18-25)33-31(34)23-13-9-6-10-14-23)26-19-29(35-3)30(20-27(26)32-2)36-21-22-11-7-5-8-12-22/h4-20H,2,21H2,1,3H3,(H,33,34)/b28-4+. The molecular weight excluding hydrogens is 464 g/mol. The normalized spacial score (nSPS) is 10.9. The van der Waals surface area contributed by atoms with Crippen molar-refractivity contribution in [3.63, 3.8) is 0 Å². The maximum Gasteiger partial charge on any atom is 0.255 e. The van der Waals surface area contributed by atoms with Crippen molar-refractivity contribution >= 4 is 29.8 Å². The Balaban J connectivity index is 1.50. The van der Waals surface area contributed by atoms with E-state index in [9.17, 15) is 4.79 Å². The molecule has 6 heteroatoms. The molecule has 186 valence electrons. The molecule has 37 heavy (non-hydrogen) atoms. The lowest BCUT2D eigenvalue weighted by Crippen LogP contribution is -2.11. The summed E-state index contributed by atoms with van der Waals surface area (Å²) in [6.45, 7) is 6.00. The molecule has 0 radical (unpaired) electrons. The number of amides is 1. The molecule has 0 bridgehead atoms. The average molecular weight is 493 g/mol. The molecular formula is C31H28N2O4. The summed E-state index contributed by atoms with van der Waals surface area (Å²) in [5.41, 5.74) is 3.61. The Bertz CT molecular complexity index is 1380. The van der Waals surface area contributed by atoms with Gasteiger partial charge in [-0.3, -0.25) is 9.79 Å². The van der Waals surface area contributed by atoms with Gasteiger partial charge < -0.3 is 19.5 Å². The van der Waals surface area contributed by atoms with E-state index in [1.54, 1.807) is 49.6 Å². The van der Waals surface area contributed by atoms with Crippen LogP contribution in [0.25, 0.3) is 5.76 Å². The van der Waals surface area contributed by atoms with Crippen LogP contribution in [0.2, 0.25) is 0 Å². The van der Waals surface area contributed by atoms with Crippen molar-refractivity contribution in [1.82, 2.24) is 0 Å². The highest BCUT2D eigenvalue weighted by molar-refractivity contribution is 6.04. The van der Waals surface area contributed by atoms with Crippen LogP contribution in [0.5, 0.6) is 17.2 Å². The first-order valence-corrected chi connectivity index (χ1v) is 11.8. The monoisotopic (exact) mass is 492 g/mol. The zero-order chi connectivity index (χ0) is 26.0. The van der Waals surface area contributed by atoms with Crippen molar-refractivity contribution in [3.05, 3.63) is 120 Å². The van der Waals surface area contributed by atoms with Gasteiger partial charge in [-0.2, -0.15) is 0 Å². The lowest BCUT2D eigenvalue weighted by Gasteiger charge is -2.17. The Morgan fingerprint density at radius 1 is 0.919 bits per heavy atom. The predicted octanol–water partition coefficient (Wildman–Crippen LogP) is 7.30. The first kappa shape index (κ1) is 25.3. The third-order valence-electron chi connectivity index (χ3n) is 5.59. The SMILES string of the molecule is C=Nc1cc(OCc2ccccc2)c(OC)cc1/C(=C\C)Oc1ccc(NC(=O)c2ccccc2)cc1. The van der Waals surface area contributed by atoms with E-state index in [4.69, 9.17) is 14.2 Å². The van der Waals surface area contributed by atoms with E-state index in [0.29, 0.717) is 52.1 Å². The van der Waals surface area contributed by atoms with E-state index in [-0.39, 0.29) is 5.91 Å². The molecule has 0 aliphatic rings. The number of rotatable bonds is 10. The van der Waals surface area contributed by atoms with Gasteiger partial charge in [0.1, 0.15) is 18.1 Å². The molecule has 4 rings (SSSR count). The number of hydrogen-bond donors (Lipinski definition) is 1. The van der Waals surface area contributed by atoms with Crippen LogP contribution >= 0.6 is 0 Å². The van der Waals surface area contributed by atoms with E-state index in [0.717, 1.165) is 5.56 Å². The average Bonchev–Trinajstić information content (AvgIpc) is 2.96. The fourth-order valence-electron chi connectivity index (χ4n) is 3.68. The van der Waals surface area contributed by atoms with E-state index in [1.807, 2.05) is 67.6 Å². The summed E-state index contributed by atoms with van der Waals surface area (Å²) >= 11 is 0. The Morgan fingerprint density at radius 3 is 2.22 bits per heavy atom. The number of nitrogens with zero attached hydrogens (tertiary/aromatic N) is 1. The van der Waals surface area contributed by atoms with E-state index >= 15 is 0 Å². The highest BCUT2D eigenvalue weighted by atomic mass is 16.5. The number of nitrogens with one attached hydrogen (secondary N) is 1. The molecule has 4 aromatic rings. The number of methoxy groups -OCH3 is 1. The summed E-state index contributed by atoms with van der Waals surface area (Å²) in [5.74, 6) is 2.12. The maximum absolute atomic E-state index is 12.4. The van der Waals surface area contributed by atoms with Gasteiger partial charge in [-0.15, -0.1) is 0 Å². The number of allylic oxidation sites excluding steroid dienone is 1. The van der Waals surface area contributed by atoms with Gasteiger partial charge in [-0.1, -0.05) is 48.5 Å². The maximum atomic E-state index is 12.4. The van der Waals surface area contributed by atoms with Crippen molar-refractivity contribution in [2.75, 3.05) is 12.4 Å². The van der Waals surface area contributed by atoms with Crippen LogP contribution in [0.4, 0.5) is 11.4 Å². The molecule has 0 aromatic heterocycles. The zero-order valence-electron chi connectivity index (χ0n) is 20.8. The van der Waals surface area contributed by atoms with Crippen LogP contribution in [0.1, 0.15) is 28.4 Å². The molecule has 1 amide bonds. The fraction of sp³-hybridized carbons (Fsp3) is 0.0968. The van der Waals surface area contributed by atoms with Crippen LogP contribution in [0.15, 0.2) is 108 Å². The largest absolute Gasteiger partial charge is 0.493 e. The number of carbonyl (C=O) groups is 1. The Morgan fingerprint density at radius 2 is 1.59 bits per heavy atom. The van der Waals surface area contributed by atoms with Crippen LogP contribution in [-0.4, -0.2) is 19.7 Å². The van der Waals surface area contributed by atoms with E-state index in [2.05, 4.69) is 17.0 Å². The third kappa shape index (κ3) is 6.44. The van der Waals surface area contributed by atoms with Gasteiger partial charge in [-0.05, 0) is 67.7 Å². The van der Waals surface area contributed by atoms with Crippen molar-refractivity contribution in [1.29, 1.82) is 0 Å². The quantitative estimate of drug-likeness (QED) is 0.186. The van der Waals surface area contributed by atoms with Crippen LogP contribution in [0.3, 0.4) is 0 Å². The van der Waals surface area contributed by atoms with E-state index in [1.165, 1.54) is 0 Å². The van der Waals surface area contributed by atoms with Gasteiger partial charge in [0.25, 0.3) is 5.91 Å². The van der Waals surface area contributed by atoms with Gasteiger partial charge in [0, 0.05) is 22.9 Å². The fourth-order valence-corrected chi connectivity index (χ4v) is 3.68. The van der Waals surface area contributed by atoms with Crippen molar-refractivity contribution in [2.45, 2.75) is 13.5 Å². The highest BCUT2D eigenvalue weighted by Gasteiger charge is 2.16. The number of hydrogen-bond acceptors (Lipinski definition) is 5. The minimum Gasteiger partial charge on any atom is -0.493 e. The second-order valence-electron chi connectivity index (χ2n) is 8.05. The molecule has 0 aliphatic heterocycles. The molecule has 0 saturated carbocycles. The molecule has 0 heterocycles. The van der Waals surface area contributed by atoms with Crippen LogP contribution < -0.4 is 19.5 Å². The van der Waals surface area contributed by atoms with Gasteiger partial charge in [0.2, 0.25) is 0 Å². The molecule has 4 aromatic carbocycles. The van der Waals surface area contributed by atoms with Crippen molar-refractivity contribution in [3.8, 4) is 17.2 Å². The number of aliphatic imine (C=N–C) groups is 1. The minimum absolute atomic E-state index is 0.174. The predicted molar refractivity (Wildman–Crippen MR) is 148 cm³/mol. The molecule has 0 fully saturated rings. The summed E-state index contributed by atoms with van der Waals surface area (Å²) in [6, 6.07) is 29.7. The number of benzene rings is 4. The number of carbonyl (C=O) groups excluding carboxylic acids is 1. The highest BCUT2D eigenvalue weighted by Crippen LogP contribution is 2.39. The summed E-state index contributed by atoms with van der Waals surface area (Å²) in [6.07, 6.45) is 1.85. The third-order valence-corrected chi connectivity index (χ3v) is 5.59. The summed E-state index contributed by atoms with van der Waals surface area (Å²) in [5, 5.41) is 2.88. The molecule has 1 N–H and O–H groups in total. The first-order valence-electron chi connectivity index (χ1n) is 11.8. The van der Waals surface area contributed by atoms with Gasteiger partial charge in [0.15, 0.2) is 11.5 Å². The van der Waals surface area contributed by atoms with Gasteiger partial charge >= 0.3 is 0 Å². The Kier molecular flexibility index (Phi) is 8.34. The second-order valence-corrected chi connectivity index (χ2v) is 8.05. The lowest BCUT2D eigenvalue weighted by atomic mass is 10.1. The van der Waals surface area contributed by atoms with E-state index < -0.39 is 0 Å². The van der Waals surface area contributed by atoms with Gasteiger partial charge in [0.05, 0.1) is 12.8 Å². The smallest absolute Gasteiger partial charge is 0.255 e. The second kappa shape index (κ2) is 12.2. The summed E-state index contributed by atoms with van der Waals surface area (Å²) < 4.78 is 17.8. The Labute approximate surface area is 216 Å². The molecule has 0 atom stereocenters. The first-order chi connectivity index (χ1) is 18.1. The van der Waals surface area contributed by atoms with Gasteiger partial charge in [-0.25, -0.2) is 0 Å². The summed E-state index contributed by atoms with van der Waals surface area (Å²) in [7, 11) is 1.59. The minimum atomic E-state index is -0.174. The van der Waals surface area contributed by atoms with Crippen molar-refractivity contribution in [2.24, 2.45) is 4.99 Å².